The molecule has 0 aromatic heterocycles. The Hall–Kier alpha value is -0.530. The van der Waals surface area contributed by atoms with E-state index in [2.05, 4.69) is 13.8 Å². The van der Waals surface area contributed by atoms with Crippen LogP contribution in [0.2, 0.25) is 0 Å². The summed E-state index contributed by atoms with van der Waals surface area (Å²) < 4.78 is 5.14. The summed E-state index contributed by atoms with van der Waals surface area (Å²) in [4.78, 5) is 10.9. The summed E-state index contributed by atoms with van der Waals surface area (Å²) in [5, 5.41) is 0. The van der Waals surface area contributed by atoms with Crippen molar-refractivity contribution in [3.8, 4) is 0 Å². The van der Waals surface area contributed by atoms with Crippen LogP contribution in [-0.4, -0.2) is 12.6 Å². The van der Waals surface area contributed by atoms with Crippen LogP contribution in [-0.2, 0) is 9.53 Å². The molecule has 0 N–H and O–H groups in total. The Morgan fingerprint density at radius 1 is 1.21 bits per heavy atom. The Kier molecular flexibility index (Phi) is 8.70. The van der Waals surface area contributed by atoms with Crippen LogP contribution in [0.4, 0.5) is 0 Å². The van der Waals surface area contributed by atoms with Crippen molar-refractivity contribution in [1.82, 2.24) is 0 Å². The van der Waals surface area contributed by atoms with E-state index in [-0.39, 0.29) is 5.97 Å². The zero-order chi connectivity index (χ0) is 10.8. The molecule has 0 aliphatic carbocycles. The molecular formula is C12H24O2. The minimum atomic E-state index is -0.0704. The fourth-order valence-electron chi connectivity index (χ4n) is 1.40. The lowest BCUT2D eigenvalue weighted by Gasteiger charge is -2.14. The number of hydrogen-bond acceptors (Lipinski definition) is 2. The molecule has 0 heterocycles. The number of rotatable bonds is 8. The molecule has 2 heteroatoms. The molecule has 0 fully saturated rings. The normalized spacial score (nSPS) is 12.5. The number of esters is 1. The van der Waals surface area contributed by atoms with Crippen LogP contribution in [0.15, 0.2) is 0 Å². The van der Waals surface area contributed by atoms with Crippen LogP contribution in [0.3, 0.4) is 0 Å². The van der Waals surface area contributed by atoms with E-state index in [4.69, 9.17) is 4.74 Å². The maximum absolute atomic E-state index is 10.9. The van der Waals surface area contributed by atoms with Gasteiger partial charge in [-0.25, -0.2) is 0 Å². The Labute approximate surface area is 88.0 Å². The van der Waals surface area contributed by atoms with E-state index in [0.29, 0.717) is 18.9 Å². The van der Waals surface area contributed by atoms with Gasteiger partial charge in [-0.2, -0.15) is 0 Å². The van der Waals surface area contributed by atoms with E-state index in [1.165, 1.54) is 25.7 Å². The van der Waals surface area contributed by atoms with E-state index in [1.54, 1.807) is 0 Å². The molecule has 0 saturated heterocycles. The molecule has 0 saturated carbocycles. The van der Waals surface area contributed by atoms with Crippen molar-refractivity contribution in [2.24, 2.45) is 5.92 Å². The Morgan fingerprint density at radius 3 is 2.43 bits per heavy atom. The third-order valence-electron chi connectivity index (χ3n) is 2.56. The molecule has 0 radical (unpaired) electrons. The van der Waals surface area contributed by atoms with Crippen LogP contribution in [0.5, 0.6) is 0 Å². The van der Waals surface area contributed by atoms with Gasteiger partial charge in [0.25, 0.3) is 0 Å². The average molecular weight is 200 g/mol. The van der Waals surface area contributed by atoms with Gasteiger partial charge in [0.15, 0.2) is 0 Å². The second-order valence-electron chi connectivity index (χ2n) is 3.81. The van der Waals surface area contributed by atoms with Crippen molar-refractivity contribution in [3.05, 3.63) is 0 Å². The van der Waals surface area contributed by atoms with E-state index >= 15 is 0 Å². The number of carbonyl (C=O) groups is 1. The maximum Gasteiger partial charge on any atom is 0.305 e. The molecule has 0 aliphatic heterocycles. The first kappa shape index (κ1) is 13.5. The molecule has 14 heavy (non-hydrogen) atoms. The van der Waals surface area contributed by atoms with Gasteiger partial charge in [0.1, 0.15) is 0 Å². The van der Waals surface area contributed by atoms with Gasteiger partial charge in [0.2, 0.25) is 0 Å². The zero-order valence-electron chi connectivity index (χ0n) is 9.84. The summed E-state index contributed by atoms with van der Waals surface area (Å²) in [6.07, 6.45) is 6.61. The lowest BCUT2D eigenvalue weighted by atomic mass is 10.00. The molecular weight excluding hydrogens is 176 g/mol. The topological polar surface area (TPSA) is 26.3 Å². The zero-order valence-corrected chi connectivity index (χ0v) is 9.84. The van der Waals surface area contributed by atoms with Crippen LogP contribution in [0.25, 0.3) is 0 Å². The molecule has 1 unspecified atom stereocenters. The highest BCUT2D eigenvalue weighted by molar-refractivity contribution is 5.68. The van der Waals surface area contributed by atoms with Crippen LogP contribution < -0.4 is 0 Å². The van der Waals surface area contributed by atoms with Gasteiger partial charge in [0, 0.05) is 6.42 Å². The Bertz CT molecular complexity index is 143. The number of unbranched alkanes of at least 4 members (excludes halogenated alkanes) is 2. The van der Waals surface area contributed by atoms with Gasteiger partial charge in [-0.05, 0) is 12.3 Å². The van der Waals surface area contributed by atoms with Crippen molar-refractivity contribution < 1.29 is 9.53 Å². The standard InChI is InChI=1S/C12H24O2/c1-4-7-8-9-11(5-2)10-14-12(13)6-3/h11H,4-10H2,1-3H3. The van der Waals surface area contributed by atoms with Crippen LogP contribution >= 0.6 is 0 Å². The van der Waals surface area contributed by atoms with Crippen molar-refractivity contribution in [3.63, 3.8) is 0 Å². The minimum absolute atomic E-state index is 0.0704. The molecule has 0 rings (SSSR count). The molecule has 0 amide bonds. The molecule has 0 aromatic carbocycles. The van der Waals surface area contributed by atoms with Crippen LogP contribution in [0, 0.1) is 5.92 Å². The van der Waals surface area contributed by atoms with Crippen molar-refractivity contribution >= 4 is 5.97 Å². The van der Waals surface area contributed by atoms with Gasteiger partial charge in [-0.3, -0.25) is 4.79 Å². The van der Waals surface area contributed by atoms with Gasteiger partial charge < -0.3 is 4.74 Å². The van der Waals surface area contributed by atoms with Crippen molar-refractivity contribution in [1.29, 1.82) is 0 Å². The van der Waals surface area contributed by atoms with Gasteiger partial charge in [-0.1, -0.05) is 46.5 Å². The SMILES string of the molecule is CCCCCC(CC)COC(=O)CC. The molecule has 84 valence electrons. The first-order valence-corrected chi connectivity index (χ1v) is 5.90. The number of ether oxygens (including phenoxy) is 1. The summed E-state index contributed by atoms with van der Waals surface area (Å²) >= 11 is 0. The predicted octanol–water partition coefficient (Wildman–Crippen LogP) is 3.55. The fourth-order valence-corrected chi connectivity index (χ4v) is 1.40. The lowest BCUT2D eigenvalue weighted by molar-refractivity contribution is -0.144. The number of carbonyl (C=O) groups excluding carboxylic acids is 1. The molecule has 0 aromatic rings. The van der Waals surface area contributed by atoms with Gasteiger partial charge in [-0.15, -0.1) is 0 Å². The quantitative estimate of drug-likeness (QED) is 0.442. The van der Waals surface area contributed by atoms with Gasteiger partial charge >= 0.3 is 5.97 Å². The van der Waals surface area contributed by atoms with E-state index in [0.717, 1.165) is 6.42 Å². The monoisotopic (exact) mass is 200 g/mol. The fraction of sp³-hybridized carbons (Fsp3) is 0.917. The van der Waals surface area contributed by atoms with E-state index < -0.39 is 0 Å². The first-order valence-electron chi connectivity index (χ1n) is 5.90. The second kappa shape index (κ2) is 9.04. The third-order valence-corrected chi connectivity index (χ3v) is 2.56. The molecule has 2 nitrogen and oxygen atoms in total. The lowest BCUT2D eigenvalue weighted by Crippen LogP contribution is -2.13. The summed E-state index contributed by atoms with van der Waals surface area (Å²) in [5.74, 6) is 0.496. The Morgan fingerprint density at radius 2 is 1.93 bits per heavy atom. The highest BCUT2D eigenvalue weighted by atomic mass is 16.5. The maximum atomic E-state index is 10.9. The second-order valence-corrected chi connectivity index (χ2v) is 3.81. The van der Waals surface area contributed by atoms with Crippen LogP contribution in [0.1, 0.15) is 59.3 Å². The summed E-state index contributed by atoms with van der Waals surface area (Å²) in [5.41, 5.74) is 0. The molecule has 0 spiro atoms. The Balaban J connectivity index is 3.52. The molecule has 0 aliphatic rings. The van der Waals surface area contributed by atoms with E-state index in [1.807, 2.05) is 6.92 Å². The number of hydrogen-bond donors (Lipinski definition) is 0. The van der Waals surface area contributed by atoms with Crippen molar-refractivity contribution in [2.75, 3.05) is 6.61 Å². The minimum Gasteiger partial charge on any atom is -0.465 e. The summed E-state index contributed by atoms with van der Waals surface area (Å²) in [6, 6.07) is 0. The van der Waals surface area contributed by atoms with E-state index in [9.17, 15) is 4.79 Å². The summed E-state index contributed by atoms with van der Waals surface area (Å²) in [6.45, 7) is 6.82. The highest BCUT2D eigenvalue weighted by Crippen LogP contribution is 2.14. The van der Waals surface area contributed by atoms with Gasteiger partial charge in [0.05, 0.1) is 6.61 Å². The highest BCUT2D eigenvalue weighted by Gasteiger charge is 2.08. The summed E-state index contributed by atoms with van der Waals surface area (Å²) in [7, 11) is 0. The largest absolute Gasteiger partial charge is 0.465 e. The first-order chi connectivity index (χ1) is 6.74. The predicted molar refractivity (Wildman–Crippen MR) is 59.2 cm³/mol. The molecule has 1 atom stereocenters. The average Bonchev–Trinajstić information content (AvgIpc) is 2.22. The molecule has 0 bridgehead atoms. The van der Waals surface area contributed by atoms with Crippen molar-refractivity contribution in [2.45, 2.75) is 59.3 Å². The smallest absolute Gasteiger partial charge is 0.305 e. The third kappa shape index (κ3) is 6.93.